The molecule has 0 unspecified atom stereocenters. The first-order chi connectivity index (χ1) is 9.49. The number of pyridine rings is 1. The van der Waals surface area contributed by atoms with Crippen LogP contribution in [0.15, 0.2) is 24.3 Å². The highest BCUT2D eigenvalue weighted by Crippen LogP contribution is 2.25. The molecule has 0 saturated carbocycles. The Kier molecular flexibility index (Phi) is 4.34. The van der Waals surface area contributed by atoms with E-state index >= 15 is 0 Å². The number of rotatable bonds is 4. The standard InChI is InChI=1S/C13H11ClF3N3/c1-2-18-12-10(16)6-11(17)13(20-12)19-9-4-7(14)3-8(15)5-9/h3-6H,2H2,1H3,(H2,18,19,20). The first kappa shape index (κ1) is 14.5. The number of anilines is 3. The van der Waals surface area contributed by atoms with Crippen molar-refractivity contribution in [3.63, 3.8) is 0 Å². The van der Waals surface area contributed by atoms with Gasteiger partial charge < -0.3 is 10.6 Å². The van der Waals surface area contributed by atoms with Crippen molar-refractivity contribution in [2.24, 2.45) is 0 Å². The van der Waals surface area contributed by atoms with Crippen molar-refractivity contribution in [2.45, 2.75) is 6.92 Å². The lowest BCUT2D eigenvalue weighted by Gasteiger charge is -2.10. The zero-order valence-corrected chi connectivity index (χ0v) is 11.2. The first-order valence-electron chi connectivity index (χ1n) is 5.82. The summed E-state index contributed by atoms with van der Waals surface area (Å²) in [6.07, 6.45) is 0. The van der Waals surface area contributed by atoms with Gasteiger partial charge in [0, 0.05) is 23.3 Å². The predicted molar refractivity (Wildman–Crippen MR) is 73.0 cm³/mol. The summed E-state index contributed by atoms with van der Waals surface area (Å²) in [4.78, 5) is 3.78. The third-order valence-electron chi connectivity index (χ3n) is 2.40. The van der Waals surface area contributed by atoms with Gasteiger partial charge in [-0.1, -0.05) is 11.6 Å². The molecule has 2 aromatic rings. The number of nitrogens with zero attached hydrogens (tertiary/aromatic N) is 1. The average Bonchev–Trinajstić information content (AvgIpc) is 2.34. The summed E-state index contributed by atoms with van der Waals surface area (Å²) in [6.45, 7) is 2.19. The fraction of sp³-hybridized carbons (Fsp3) is 0.154. The summed E-state index contributed by atoms with van der Waals surface area (Å²) in [6, 6.07) is 4.35. The second kappa shape index (κ2) is 6.00. The van der Waals surface area contributed by atoms with E-state index in [9.17, 15) is 13.2 Å². The van der Waals surface area contributed by atoms with E-state index in [0.717, 1.165) is 12.1 Å². The molecule has 0 bridgehead atoms. The SMILES string of the molecule is CCNc1nc(Nc2cc(F)cc(Cl)c2)c(F)cc1F. The molecule has 0 aliphatic rings. The lowest BCUT2D eigenvalue weighted by molar-refractivity contribution is 0.579. The van der Waals surface area contributed by atoms with Crippen molar-refractivity contribution in [1.82, 2.24) is 4.98 Å². The van der Waals surface area contributed by atoms with Gasteiger partial charge in [0.15, 0.2) is 23.3 Å². The van der Waals surface area contributed by atoms with E-state index in [1.54, 1.807) is 6.92 Å². The highest BCUT2D eigenvalue weighted by Gasteiger charge is 2.12. The van der Waals surface area contributed by atoms with Crippen LogP contribution in [0.1, 0.15) is 6.92 Å². The lowest BCUT2D eigenvalue weighted by atomic mass is 10.3. The van der Waals surface area contributed by atoms with Crippen LogP contribution in [0.25, 0.3) is 0 Å². The third-order valence-corrected chi connectivity index (χ3v) is 2.62. The van der Waals surface area contributed by atoms with Crippen molar-refractivity contribution in [1.29, 1.82) is 0 Å². The monoisotopic (exact) mass is 301 g/mol. The first-order valence-corrected chi connectivity index (χ1v) is 6.20. The Morgan fingerprint density at radius 2 is 1.75 bits per heavy atom. The summed E-state index contributed by atoms with van der Waals surface area (Å²) in [7, 11) is 0. The third kappa shape index (κ3) is 3.33. The van der Waals surface area contributed by atoms with Gasteiger partial charge in [0.05, 0.1) is 0 Å². The Morgan fingerprint density at radius 1 is 1.05 bits per heavy atom. The zero-order chi connectivity index (χ0) is 14.7. The Hall–Kier alpha value is -1.95. The molecule has 3 nitrogen and oxygen atoms in total. The van der Waals surface area contributed by atoms with Crippen LogP contribution in [0.4, 0.5) is 30.5 Å². The molecule has 0 spiro atoms. The summed E-state index contributed by atoms with van der Waals surface area (Å²) < 4.78 is 40.2. The molecule has 0 aliphatic carbocycles. The Morgan fingerprint density at radius 3 is 2.40 bits per heavy atom. The Labute approximate surface area is 118 Å². The van der Waals surface area contributed by atoms with Gasteiger partial charge in [0.25, 0.3) is 0 Å². The molecule has 20 heavy (non-hydrogen) atoms. The molecule has 0 amide bonds. The van der Waals surface area contributed by atoms with Crippen LogP contribution in [0.5, 0.6) is 0 Å². The van der Waals surface area contributed by atoms with E-state index in [1.807, 2.05) is 0 Å². The maximum Gasteiger partial charge on any atom is 0.169 e. The van der Waals surface area contributed by atoms with Crippen LogP contribution in [0, 0.1) is 17.5 Å². The number of nitrogens with one attached hydrogen (secondary N) is 2. The zero-order valence-electron chi connectivity index (χ0n) is 10.5. The van der Waals surface area contributed by atoms with Crippen molar-refractivity contribution in [3.8, 4) is 0 Å². The van der Waals surface area contributed by atoms with Crippen LogP contribution in [-0.2, 0) is 0 Å². The molecule has 0 fully saturated rings. The largest absolute Gasteiger partial charge is 0.368 e. The maximum atomic E-state index is 13.6. The molecule has 0 atom stereocenters. The van der Waals surface area contributed by atoms with Gasteiger partial charge >= 0.3 is 0 Å². The van der Waals surface area contributed by atoms with E-state index in [0.29, 0.717) is 12.6 Å². The normalized spacial score (nSPS) is 10.4. The van der Waals surface area contributed by atoms with Crippen LogP contribution in [0.2, 0.25) is 5.02 Å². The molecular weight excluding hydrogens is 291 g/mol. The summed E-state index contributed by atoms with van der Waals surface area (Å²) >= 11 is 5.70. The molecule has 7 heteroatoms. The lowest BCUT2D eigenvalue weighted by Crippen LogP contribution is -2.06. The van der Waals surface area contributed by atoms with Crippen molar-refractivity contribution >= 4 is 28.9 Å². The van der Waals surface area contributed by atoms with E-state index < -0.39 is 17.5 Å². The molecular formula is C13H11ClF3N3. The molecule has 1 aromatic heterocycles. The van der Waals surface area contributed by atoms with Gasteiger partial charge in [-0.25, -0.2) is 18.2 Å². The van der Waals surface area contributed by atoms with Crippen LogP contribution < -0.4 is 10.6 Å². The molecule has 0 saturated heterocycles. The minimum Gasteiger partial charge on any atom is -0.368 e. The van der Waals surface area contributed by atoms with Crippen molar-refractivity contribution in [2.75, 3.05) is 17.2 Å². The Balaban J connectivity index is 2.34. The minimum absolute atomic E-state index is 0.0844. The van der Waals surface area contributed by atoms with E-state index in [4.69, 9.17) is 11.6 Å². The summed E-state index contributed by atoms with van der Waals surface area (Å²) in [5, 5.41) is 5.38. The van der Waals surface area contributed by atoms with E-state index in [1.165, 1.54) is 6.07 Å². The van der Waals surface area contributed by atoms with Gasteiger partial charge in [-0.05, 0) is 25.1 Å². The molecule has 0 radical (unpaired) electrons. The number of aromatic nitrogens is 1. The highest BCUT2D eigenvalue weighted by molar-refractivity contribution is 6.30. The van der Waals surface area contributed by atoms with Gasteiger partial charge in [-0.3, -0.25) is 0 Å². The maximum absolute atomic E-state index is 13.6. The number of halogens is 4. The molecule has 1 aromatic carbocycles. The number of hydrogen-bond donors (Lipinski definition) is 2. The average molecular weight is 302 g/mol. The van der Waals surface area contributed by atoms with Crippen molar-refractivity contribution < 1.29 is 13.2 Å². The number of benzene rings is 1. The predicted octanol–water partition coefficient (Wildman–Crippen LogP) is 4.33. The van der Waals surface area contributed by atoms with Gasteiger partial charge in [-0.15, -0.1) is 0 Å². The molecule has 2 rings (SSSR count). The molecule has 106 valence electrons. The van der Waals surface area contributed by atoms with Gasteiger partial charge in [0.1, 0.15) is 5.82 Å². The summed E-state index contributed by atoms with van der Waals surface area (Å²) in [5.74, 6) is -2.56. The summed E-state index contributed by atoms with van der Waals surface area (Å²) in [5.41, 5.74) is 0.218. The second-order valence-electron chi connectivity index (χ2n) is 3.96. The van der Waals surface area contributed by atoms with Crippen LogP contribution >= 0.6 is 11.6 Å². The fourth-order valence-electron chi connectivity index (χ4n) is 1.61. The van der Waals surface area contributed by atoms with Crippen molar-refractivity contribution in [3.05, 3.63) is 46.7 Å². The highest BCUT2D eigenvalue weighted by atomic mass is 35.5. The molecule has 2 N–H and O–H groups in total. The molecule has 1 heterocycles. The van der Waals surface area contributed by atoms with E-state index in [-0.39, 0.29) is 22.3 Å². The van der Waals surface area contributed by atoms with Gasteiger partial charge in [-0.2, -0.15) is 0 Å². The van der Waals surface area contributed by atoms with E-state index in [2.05, 4.69) is 15.6 Å². The fourth-order valence-corrected chi connectivity index (χ4v) is 1.83. The smallest absolute Gasteiger partial charge is 0.169 e. The topological polar surface area (TPSA) is 37.0 Å². The minimum atomic E-state index is -0.885. The Bertz CT molecular complexity index is 614. The second-order valence-corrected chi connectivity index (χ2v) is 4.40. The number of hydrogen-bond acceptors (Lipinski definition) is 3. The quantitative estimate of drug-likeness (QED) is 0.882. The van der Waals surface area contributed by atoms with Gasteiger partial charge in [0.2, 0.25) is 0 Å². The van der Waals surface area contributed by atoms with Crippen LogP contribution in [-0.4, -0.2) is 11.5 Å². The molecule has 0 aliphatic heterocycles. The van der Waals surface area contributed by atoms with Crippen LogP contribution in [0.3, 0.4) is 0 Å².